The zero-order valence-electron chi connectivity index (χ0n) is 6.42. The Balaban J connectivity index is 3.54. The number of halogens is 4. The summed E-state index contributed by atoms with van der Waals surface area (Å²) in [5, 5.41) is 0. The first kappa shape index (κ1) is 11.8. The van der Waals surface area contributed by atoms with Gasteiger partial charge in [0.15, 0.2) is 0 Å². The molecule has 8 heteroatoms. The third-order valence-electron chi connectivity index (χ3n) is 1.36. The highest BCUT2D eigenvalue weighted by molar-refractivity contribution is 9.10. The smallest absolute Gasteiger partial charge is 0.263 e. The van der Waals surface area contributed by atoms with Gasteiger partial charge in [-0.1, -0.05) is 0 Å². The summed E-state index contributed by atoms with van der Waals surface area (Å²) in [6.07, 6.45) is -1.09. The molecule has 0 N–H and O–H groups in total. The number of aromatic nitrogens is 1. The largest absolute Gasteiger partial charge is 0.266 e. The predicted molar refractivity (Wildman–Crippen MR) is 49.9 cm³/mol. The van der Waals surface area contributed by atoms with E-state index in [-0.39, 0.29) is 4.47 Å². The van der Waals surface area contributed by atoms with E-state index in [1.807, 2.05) is 0 Å². The van der Waals surface area contributed by atoms with Gasteiger partial charge in [0.05, 0.1) is 10.0 Å². The van der Waals surface area contributed by atoms with Crippen molar-refractivity contribution in [2.24, 2.45) is 0 Å². The van der Waals surface area contributed by atoms with Gasteiger partial charge in [-0.05, 0) is 15.9 Å². The number of rotatable bonds is 2. The Labute approximate surface area is 91.6 Å². The van der Waals surface area contributed by atoms with Crippen LogP contribution in [0, 0.1) is 0 Å². The van der Waals surface area contributed by atoms with E-state index in [0.717, 1.165) is 12.4 Å². The summed E-state index contributed by atoms with van der Waals surface area (Å²) >= 11 is 2.79. The van der Waals surface area contributed by atoms with Crippen molar-refractivity contribution in [3.05, 3.63) is 22.4 Å². The van der Waals surface area contributed by atoms with Crippen molar-refractivity contribution in [1.82, 2.24) is 4.98 Å². The van der Waals surface area contributed by atoms with Gasteiger partial charge in [0, 0.05) is 23.1 Å². The van der Waals surface area contributed by atoms with E-state index in [9.17, 15) is 17.2 Å². The van der Waals surface area contributed by atoms with Gasteiger partial charge >= 0.3 is 0 Å². The standard InChI is InChI=1S/C6H3BrClF2NO2S/c7-4-2-11-1-3(6(9)10)5(4)14(8,12)13/h1-2,6H. The van der Waals surface area contributed by atoms with E-state index < -0.39 is 25.9 Å². The summed E-state index contributed by atoms with van der Waals surface area (Å²) < 4.78 is 46.5. The van der Waals surface area contributed by atoms with Crippen LogP contribution in [0.25, 0.3) is 0 Å². The molecule has 14 heavy (non-hydrogen) atoms. The van der Waals surface area contributed by atoms with E-state index >= 15 is 0 Å². The molecular weight excluding hydrogens is 303 g/mol. The van der Waals surface area contributed by atoms with Crippen LogP contribution in [0.3, 0.4) is 0 Å². The van der Waals surface area contributed by atoms with Crippen LogP contribution < -0.4 is 0 Å². The summed E-state index contributed by atoms with van der Waals surface area (Å²) in [5.41, 5.74) is -0.714. The second-order valence-electron chi connectivity index (χ2n) is 2.28. The molecule has 1 aromatic rings. The molecule has 78 valence electrons. The topological polar surface area (TPSA) is 47.0 Å². The van der Waals surface area contributed by atoms with Gasteiger partial charge in [0.2, 0.25) is 0 Å². The van der Waals surface area contributed by atoms with Crippen molar-refractivity contribution in [2.45, 2.75) is 11.3 Å². The zero-order chi connectivity index (χ0) is 10.9. The zero-order valence-corrected chi connectivity index (χ0v) is 9.57. The Bertz CT molecular complexity index is 451. The van der Waals surface area contributed by atoms with E-state index in [1.165, 1.54) is 0 Å². The maximum Gasteiger partial charge on any atom is 0.266 e. The summed E-state index contributed by atoms with van der Waals surface area (Å²) in [5.74, 6) is 0. The molecule has 0 aliphatic carbocycles. The maximum absolute atomic E-state index is 12.4. The van der Waals surface area contributed by atoms with Crippen molar-refractivity contribution in [2.75, 3.05) is 0 Å². The van der Waals surface area contributed by atoms with Crippen LogP contribution in [0.4, 0.5) is 8.78 Å². The molecule has 0 fully saturated rings. The minimum atomic E-state index is -4.20. The Hall–Kier alpha value is -0.270. The monoisotopic (exact) mass is 305 g/mol. The average Bonchev–Trinajstić information content (AvgIpc) is 2.01. The number of nitrogens with zero attached hydrogens (tertiary/aromatic N) is 1. The molecular formula is C6H3BrClF2NO2S. The normalized spacial score (nSPS) is 12.1. The molecule has 0 aliphatic heterocycles. The highest BCUT2D eigenvalue weighted by atomic mass is 79.9. The lowest BCUT2D eigenvalue weighted by molar-refractivity contribution is 0.147. The van der Waals surface area contributed by atoms with Gasteiger partial charge in [-0.25, -0.2) is 17.2 Å². The molecule has 1 rings (SSSR count). The van der Waals surface area contributed by atoms with Crippen LogP contribution in [-0.2, 0) is 9.05 Å². The molecule has 0 saturated heterocycles. The fourth-order valence-corrected chi connectivity index (χ4v) is 3.34. The first-order valence-electron chi connectivity index (χ1n) is 3.20. The molecule has 0 unspecified atom stereocenters. The van der Waals surface area contributed by atoms with Crippen LogP contribution in [-0.4, -0.2) is 13.4 Å². The molecule has 1 aromatic heterocycles. The van der Waals surface area contributed by atoms with Crippen molar-refractivity contribution in [3.8, 4) is 0 Å². The van der Waals surface area contributed by atoms with Crippen LogP contribution in [0.1, 0.15) is 12.0 Å². The lowest BCUT2D eigenvalue weighted by Gasteiger charge is -2.06. The highest BCUT2D eigenvalue weighted by Gasteiger charge is 2.24. The third kappa shape index (κ3) is 2.40. The fraction of sp³-hybridized carbons (Fsp3) is 0.167. The lowest BCUT2D eigenvalue weighted by Crippen LogP contribution is -2.01. The number of hydrogen-bond donors (Lipinski definition) is 0. The highest BCUT2D eigenvalue weighted by Crippen LogP contribution is 2.33. The van der Waals surface area contributed by atoms with Crippen LogP contribution in [0.2, 0.25) is 0 Å². The van der Waals surface area contributed by atoms with Crippen LogP contribution in [0.5, 0.6) is 0 Å². The van der Waals surface area contributed by atoms with Crippen molar-refractivity contribution < 1.29 is 17.2 Å². The van der Waals surface area contributed by atoms with Crippen molar-refractivity contribution in [1.29, 1.82) is 0 Å². The Morgan fingerprint density at radius 1 is 1.43 bits per heavy atom. The second kappa shape index (κ2) is 4.08. The first-order valence-corrected chi connectivity index (χ1v) is 6.30. The molecule has 0 atom stereocenters. The van der Waals surface area contributed by atoms with Crippen molar-refractivity contribution >= 4 is 35.7 Å². The molecule has 0 saturated carbocycles. The predicted octanol–water partition coefficient (Wildman–Crippen LogP) is 2.71. The maximum atomic E-state index is 12.4. The summed E-state index contributed by atoms with van der Waals surface area (Å²) in [6.45, 7) is 0. The summed E-state index contributed by atoms with van der Waals surface area (Å²) in [4.78, 5) is 2.79. The molecule has 0 amide bonds. The first-order chi connectivity index (χ1) is 6.34. The minimum Gasteiger partial charge on any atom is -0.263 e. The van der Waals surface area contributed by atoms with Gasteiger partial charge in [-0.15, -0.1) is 0 Å². The van der Waals surface area contributed by atoms with Crippen LogP contribution >= 0.6 is 26.6 Å². The Kier molecular flexibility index (Phi) is 3.44. The van der Waals surface area contributed by atoms with Gasteiger partial charge < -0.3 is 0 Å². The van der Waals surface area contributed by atoms with Gasteiger partial charge in [-0.3, -0.25) is 4.98 Å². The minimum absolute atomic E-state index is 0.0784. The summed E-state index contributed by atoms with van der Waals surface area (Å²) in [6, 6.07) is 0. The van der Waals surface area contributed by atoms with Gasteiger partial charge in [0.1, 0.15) is 4.90 Å². The summed E-state index contributed by atoms with van der Waals surface area (Å²) in [7, 11) is 0.790. The molecule has 1 heterocycles. The second-order valence-corrected chi connectivity index (χ2v) is 5.64. The third-order valence-corrected chi connectivity index (χ3v) is 3.63. The van der Waals surface area contributed by atoms with E-state index in [4.69, 9.17) is 10.7 Å². The quantitative estimate of drug-likeness (QED) is 0.789. The van der Waals surface area contributed by atoms with E-state index in [2.05, 4.69) is 20.9 Å². The molecule has 0 aliphatic rings. The number of pyridine rings is 1. The SMILES string of the molecule is O=S(=O)(Cl)c1c(Br)cncc1C(F)F. The average molecular weight is 307 g/mol. The molecule has 0 aromatic carbocycles. The van der Waals surface area contributed by atoms with E-state index in [0.29, 0.717) is 0 Å². The van der Waals surface area contributed by atoms with Gasteiger partial charge in [-0.2, -0.15) is 0 Å². The molecule has 3 nitrogen and oxygen atoms in total. The lowest BCUT2D eigenvalue weighted by atomic mass is 10.3. The van der Waals surface area contributed by atoms with Crippen molar-refractivity contribution in [3.63, 3.8) is 0 Å². The molecule has 0 spiro atoms. The number of hydrogen-bond acceptors (Lipinski definition) is 3. The Morgan fingerprint density at radius 2 is 2.00 bits per heavy atom. The number of alkyl halides is 2. The molecule has 0 bridgehead atoms. The molecule has 0 radical (unpaired) electrons. The van der Waals surface area contributed by atoms with Gasteiger partial charge in [0.25, 0.3) is 15.5 Å². The van der Waals surface area contributed by atoms with Crippen LogP contribution in [0.15, 0.2) is 21.8 Å². The Morgan fingerprint density at radius 3 is 2.36 bits per heavy atom. The van der Waals surface area contributed by atoms with E-state index in [1.54, 1.807) is 0 Å². The fourth-order valence-electron chi connectivity index (χ4n) is 0.851.